The lowest BCUT2D eigenvalue weighted by molar-refractivity contribution is 0.277. The van der Waals surface area contributed by atoms with E-state index in [0.29, 0.717) is 6.04 Å². The van der Waals surface area contributed by atoms with E-state index in [1.807, 2.05) is 12.3 Å². The van der Waals surface area contributed by atoms with E-state index in [1.165, 1.54) is 29.5 Å². The molecule has 2 aromatic heterocycles. The van der Waals surface area contributed by atoms with Gasteiger partial charge in [-0.3, -0.25) is 0 Å². The van der Waals surface area contributed by atoms with Crippen molar-refractivity contribution in [3.8, 4) is 0 Å². The second kappa shape index (κ2) is 4.15. The minimum atomic E-state index is 0.662. The van der Waals surface area contributed by atoms with Gasteiger partial charge in [0.2, 0.25) is 0 Å². The summed E-state index contributed by atoms with van der Waals surface area (Å²) >= 11 is 0. The molecule has 1 atom stereocenters. The molecule has 2 aromatic rings. The third-order valence-corrected chi connectivity index (χ3v) is 3.90. The summed E-state index contributed by atoms with van der Waals surface area (Å²) in [4.78, 5) is 10.3. The normalized spacial score (nSPS) is 20.5. The molecule has 1 N–H and O–H groups in total. The first-order valence-corrected chi connectivity index (χ1v) is 6.36. The maximum absolute atomic E-state index is 4.42. The molecule has 0 aliphatic heterocycles. The molecule has 1 unspecified atom stereocenters. The zero-order valence-corrected chi connectivity index (χ0v) is 10.5. The number of aromatic nitrogens is 2. The molecule has 0 saturated heterocycles. The van der Waals surface area contributed by atoms with Gasteiger partial charge >= 0.3 is 0 Å². The van der Waals surface area contributed by atoms with E-state index in [1.54, 1.807) is 0 Å². The van der Waals surface area contributed by atoms with Crippen molar-refractivity contribution in [3.05, 3.63) is 29.6 Å². The van der Waals surface area contributed by atoms with Gasteiger partial charge in [0.15, 0.2) is 0 Å². The molecule has 0 spiro atoms. The van der Waals surface area contributed by atoms with Gasteiger partial charge in [-0.2, -0.15) is 0 Å². The Kier molecular flexibility index (Phi) is 2.63. The Bertz CT molecular complexity index is 527. The number of fused-ring (bicyclic) bond motifs is 3. The Morgan fingerprint density at radius 3 is 3.12 bits per heavy atom. The lowest BCUT2D eigenvalue weighted by Crippen LogP contribution is -2.29. The topological polar surface area (TPSA) is 31.9 Å². The molecule has 0 amide bonds. The third kappa shape index (κ3) is 1.84. The molecule has 3 rings (SSSR count). The summed E-state index contributed by atoms with van der Waals surface area (Å²) in [5.74, 6) is 0. The fraction of sp³-hybridized carbons (Fsp3) is 0.500. The van der Waals surface area contributed by atoms with E-state index < -0.39 is 0 Å². The quantitative estimate of drug-likeness (QED) is 0.761. The lowest BCUT2D eigenvalue weighted by atomic mass is 10.0. The zero-order valence-electron chi connectivity index (χ0n) is 10.5. The van der Waals surface area contributed by atoms with Gasteiger partial charge in [-0.25, -0.2) is 4.98 Å². The lowest BCUT2D eigenvalue weighted by Gasteiger charge is -2.22. The van der Waals surface area contributed by atoms with Crippen molar-refractivity contribution in [2.75, 3.05) is 14.1 Å². The number of hydrogen-bond donors (Lipinski definition) is 1. The van der Waals surface area contributed by atoms with E-state index in [-0.39, 0.29) is 0 Å². The summed E-state index contributed by atoms with van der Waals surface area (Å²) < 4.78 is 0. The van der Waals surface area contributed by atoms with Gasteiger partial charge in [-0.15, -0.1) is 0 Å². The number of likely N-dealkylation sites (N-methyl/N-ethyl adjacent to an activating group) is 1. The highest BCUT2D eigenvalue weighted by atomic mass is 15.1. The predicted octanol–water partition coefficient (Wildman–Crippen LogP) is 2.37. The summed E-state index contributed by atoms with van der Waals surface area (Å²) in [5.41, 5.74) is 3.95. The summed E-state index contributed by atoms with van der Waals surface area (Å²) in [5, 5.41) is 1.32. The van der Waals surface area contributed by atoms with Crippen molar-refractivity contribution in [1.29, 1.82) is 0 Å². The number of H-pyrrole nitrogens is 1. The molecular weight excluding hydrogens is 210 g/mol. The number of rotatable bonds is 1. The van der Waals surface area contributed by atoms with Crippen LogP contribution in [-0.2, 0) is 12.8 Å². The Hall–Kier alpha value is -1.35. The summed E-state index contributed by atoms with van der Waals surface area (Å²) in [6.45, 7) is 0. The van der Waals surface area contributed by atoms with Gasteiger partial charge < -0.3 is 9.88 Å². The van der Waals surface area contributed by atoms with Crippen LogP contribution in [0.1, 0.15) is 24.1 Å². The van der Waals surface area contributed by atoms with Crippen molar-refractivity contribution in [1.82, 2.24) is 14.9 Å². The summed E-state index contributed by atoms with van der Waals surface area (Å²) in [7, 11) is 4.37. The van der Waals surface area contributed by atoms with Crippen LogP contribution in [-0.4, -0.2) is 35.0 Å². The SMILES string of the molecule is CN(C)C1CCCc2[nH]c3ncccc3c2C1. The van der Waals surface area contributed by atoms with Gasteiger partial charge in [0.1, 0.15) is 5.65 Å². The first-order chi connectivity index (χ1) is 8.25. The van der Waals surface area contributed by atoms with Crippen molar-refractivity contribution >= 4 is 11.0 Å². The largest absolute Gasteiger partial charge is 0.343 e. The van der Waals surface area contributed by atoms with E-state index in [2.05, 4.69) is 35.0 Å². The molecule has 0 bridgehead atoms. The molecule has 0 fully saturated rings. The van der Waals surface area contributed by atoms with Crippen LogP contribution < -0.4 is 0 Å². The van der Waals surface area contributed by atoms with Gasteiger partial charge in [-0.05, 0) is 57.5 Å². The smallest absolute Gasteiger partial charge is 0.137 e. The number of nitrogens with zero attached hydrogens (tertiary/aromatic N) is 2. The minimum Gasteiger partial charge on any atom is -0.343 e. The van der Waals surface area contributed by atoms with E-state index >= 15 is 0 Å². The van der Waals surface area contributed by atoms with Crippen LogP contribution in [0.5, 0.6) is 0 Å². The average molecular weight is 229 g/mol. The second-order valence-electron chi connectivity index (χ2n) is 5.20. The van der Waals surface area contributed by atoms with Crippen LogP contribution in [0.4, 0.5) is 0 Å². The molecular formula is C14H19N3. The summed E-state index contributed by atoms with van der Waals surface area (Å²) in [6.07, 6.45) is 6.73. The Morgan fingerprint density at radius 1 is 1.41 bits per heavy atom. The van der Waals surface area contributed by atoms with E-state index in [9.17, 15) is 0 Å². The van der Waals surface area contributed by atoms with Gasteiger partial charge in [0.05, 0.1) is 0 Å². The van der Waals surface area contributed by atoms with Crippen molar-refractivity contribution in [3.63, 3.8) is 0 Å². The highest BCUT2D eigenvalue weighted by molar-refractivity contribution is 5.81. The van der Waals surface area contributed by atoms with Crippen LogP contribution in [0, 0.1) is 0 Å². The van der Waals surface area contributed by atoms with Gasteiger partial charge in [0, 0.05) is 23.3 Å². The maximum Gasteiger partial charge on any atom is 0.137 e. The van der Waals surface area contributed by atoms with Crippen LogP contribution >= 0.6 is 0 Å². The molecule has 0 aromatic carbocycles. The fourth-order valence-corrected chi connectivity index (χ4v) is 2.87. The van der Waals surface area contributed by atoms with Gasteiger partial charge in [-0.1, -0.05) is 0 Å². The number of aromatic amines is 1. The molecule has 0 radical (unpaired) electrons. The highest BCUT2D eigenvalue weighted by Gasteiger charge is 2.21. The maximum atomic E-state index is 4.42. The molecule has 90 valence electrons. The molecule has 0 saturated carbocycles. The number of pyridine rings is 1. The van der Waals surface area contributed by atoms with Crippen molar-refractivity contribution in [2.45, 2.75) is 31.7 Å². The van der Waals surface area contributed by atoms with Crippen LogP contribution in [0.2, 0.25) is 0 Å². The zero-order chi connectivity index (χ0) is 11.8. The standard InChI is InChI=1S/C14H19N3/c1-17(2)10-5-3-7-13-12(9-10)11-6-4-8-15-14(11)16-13/h4,6,8,10H,3,5,7,9H2,1-2H3,(H,15,16). The first-order valence-electron chi connectivity index (χ1n) is 6.36. The molecule has 17 heavy (non-hydrogen) atoms. The van der Waals surface area contributed by atoms with Crippen molar-refractivity contribution < 1.29 is 0 Å². The fourth-order valence-electron chi connectivity index (χ4n) is 2.87. The number of nitrogens with one attached hydrogen (secondary N) is 1. The molecule has 3 heteroatoms. The van der Waals surface area contributed by atoms with Crippen molar-refractivity contribution in [2.24, 2.45) is 0 Å². The molecule has 1 aliphatic rings. The summed E-state index contributed by atoms with van der Waals surface area (Å²) in [6, 6.07) is 4.89. The molecule has 2 heterocycles. The molecule has 3 nitrogen and oxygen atoms in total. The predicted molar refractivity (Wildman–Crippen MR) is 70.2 cm³/mol. The Morgan fingerprint density at radius 2 is 2.29 bits per heavy atom. The minimum absolute atomic E-state index is 0.662. The first kappa shape index (κ1) is 10.8. The Balaban J connectivity index is 2.08. The number of aryl methyl sites for hydroxylation is 1. The van der Waals surface area contributed by atoms with Gasteiger partial charge in [0.25, 0.3) is 0 Å². The molecule has 1 aliphatic carbocycles. The Labute approximate surface area is 102 Å². The average Bonchev–Trinajstić information content (AvgIpc) is 2.53. The second-order valence-corrected chi connectivity index (χ2v) is 5.20. The van der Waals surface area contributed by atoms with Crippen LogP contribution in [0.3, 0.4) is 0 Å². The highest BCUT2D eigenvalue weighted by Crippen LogP contribution is 2.28. The monoisotopic (exact) mass is 229 g/mol. The van der Waals surface area contributed by atoms with E-state index in [4.69, 9.17) is 0 Å². The van der Waals surface area contributed by atoms with E-state index in [0.717, 1.165) is 18.5 Å². The number of hydrogen-bond acceptors (Lipinski definition) is 2. The third-order valence-electron chi connectivity index (χ3n) is 3.90. The van der Waals surface area contributed by atoms with Crippen LogP contribution in [0.25, 0.3) is 11.0 Å². The van der Waals surface area contributed by atoms with Crippen LogP contribution in [0.15, 0.2) is 18.3 Å².